The Bertz CT molecular complexity index is 102. The van der Waals surface area contributed by atoms with Gasteiger partial charge in [0.25, 0.3) is 0 Å². The molecule has 0 aliphatic carbocycles. The Hall–Kier alpha value is 0.0149. The molecule has 0 heterocycles. The monoisotopic (exact) mass is 194 g/mol. The van der Waals surface area contributed by atoms with Crippen molar-refractivity contribution in [2.45, 2.75) is 0 Å². The van der Waals surface area contributed by atoms with E-state index in [0.717, 1.165) is 12.3 Å². The second-order valence-corrected chi connectivity index (χ2v) is 7.69. The van der Waals surface area contributed by atoms with Crippen LogP contribution in [0.25, 0.3) is 0 Å². The van der Waals surface area contributed by atoms with Crippen molar-refractivity contribution in [1.82, 2.24) is 0 Å². The van der Waals surface area contributed by atoms with E-state index < -0.39 is 14.6 Å². The summed E-state index contributed by atoms with van der Waals surface area (Å²) >= 11 is 0. The molecule has 0 spiro atoms. The molecule has 0 aromatic carbocycles. The van der Waals surface area contributed by atoms with E-state index in [1.807, 2.05) is 0 Å². The Balaban J connectivity index is 0. The summed E-state index contributed by atoms with van der Waals surface area (Å²) < 4.78 is 8.25. The van der Waals surface area contributed by atoms with E-state index in [4.69, 9.17) is 19.9 Å². The van der Waals surface area contributed by atoms with Crippen LogP contribution in [0.1, 0.15) is 0 Å². The van der Waals surface area contributed by atoms with Gasteiger partial charge in [-0.15, -0.1) is 0 Å². The van der Waals surface area contributed by atoms with Crippen molar-refractivity contribution < 1.29 is 19.9 Å². The summed E-state index contributed by atoms with van der Waals surface area (Å²) in [5.41, 5.74) is 0. The fourth-order valence-corrected chi connectivity index (χ4v) is 1.96. The van der Waals surface area contributed by atoms with Crippen LogP contribution in [0.5, 0.6) is 0 Å². The molecule has 2 N–H and O–H groups in total. The average molecular weight is 194 g/mol. The van der Waals surface area contributed by atoms with Crippen LogP contribution < -0.4 is 5.02 Å². The van der Waals surface area contributed by atoms with Crippen molar-refractivity contribution >= 4 is 14.6 Å². The summed E-state index contributed by atoms with van der Waals surface area (Å²) in [6, 6.07) is 0. The second-order valence-electron chi connectivity index (χ2n) is 2.93. The first-order chi connectivity index (χ1) is 5.54. The zero-order valence-corrected chi connectivity index (χ0v) is 8.46. The summed E-state index contributed by atoms with van der Waals surface area (Å²) in [6.45, 7) is 4.83. The second kappa shape index (κ2) is 9.11. The minimum atomic E-state index is -0.943. The van der Waals surface area contributed by atoms with Crippen molar-refractivity contribution in [2.24, 2.45) is 0 Å². The van der Waals surface area contributed by atoms with Gasteiger partial charge in [-0.1, -0.05) is 0 Å². The van der Waals surface area contributed by atoms with Gasteiger partial charge in [-0.3, -0.25) is 0 Å². The first-order valence-electron chi connectivity index (χ1n) is 3.63. The van der Waals surface area contributed by atoms with Gasteiger partial charge in [0.2, 0.25) is 0 Å². The molecule has 0 amide bonds. The van der Waals surface area contributed by atoms with E-state index in [-0.39, 0.29) is 13.2 Å². The van der Waals surface area contributed by atoms with Gasteiger partial charge in [0.1, 0.15) is 0 Å². The van der Waals surface area contributed by atoms with Gasteiger partial charge >= 0.3 is 17.1 Å². The van der Waals surface area contributed by atoms with Crippen molar-refractivity contribution in [3.63, 3.8) is 0 Å². The summed E-state index contributed by atoms with van der Waals surface area (Å²) in [5, 5.41) is 25.4. The van der Waals surface area contributed by atoms with Crippen LogP contribution in [-0.2, 0) is 4.70 Å². The topological polar surface area (TPSA) is 80.6 Å². The SMILES string of the molecule is C[P+](C)(CCO)CCO.O=B[O-]. The van der Waals surface area contributed by atoms with E-state index in [2.05, 4.69) is 13.3 Å². The molecule has 6 heteroatoms. The first kappa shape index (κ1) is 14.5. The summed E-state index contributed by atoms with van der Waals surface area (Å²) in [5.74, 6) is 0. The van der Waals surface area contributed by atoms with Gasteiger partial charge in [0.05, 0.1) is 25.5 Å². The molecule has 0 fully saturated rings. The van der Waals surface area contributed by atoms with E-state index >= 15 is 0 Å². The third kappa shape index (κ3) is 12.7. The van der Waals surface area contributed by atoms with Crippen LogP contribution in [0, 0.1) is 0 Å². The predicted molar refractivity (Wildman–Crippen MR) is 49.1 cm³/mol. The van der Waals surface area contributed by atoms with E-state index in [1.165, 1.54) is 0 Å². The number of aliphatic hydroxyl groups is 2. The zero-order valence-electron chi connectivity index (χ0n) is 7.56. The maximum atomic E-state index is 8.57. The van der Waals surface area contributed by atoms with Crippen LogP contribution in [0.3, 0.4) is 0 Å². The Morgan fingerprint density at radius 3 is 1.67 bits per heavy atom. The Morgan fingerprint density at radius 2 is 1.50 bits per heavy atom. The fourth-order valence-electron chi connectivity index (χ4n) is 0.653. The number of aliphatic hydroxyl groups excluding tert-OH is 2. The molecule has 0 bridgehead atoms. The fraction of sp³-hybridized carbons (Fsp3) is 1.00. The van der Waals surface area contributed by atoms with Gasteiger partial charge in [0, 0.05) is 20.6 Å². The van der Waals surface area contributed by atoms with Gasteiger partial charge < -0.3 is 10.2 Å². The van der Waals surface area contributed by atoms with Crippen molar-refractivity contribution in [1.29, 1.82) is 0 Å². The first-order valence-corrected chi connectivity index (χ1v) is 6.68. The van der Waals surface area contributed by atoms with Gasteiger partial charge in [-0.25, -0.2) is 0 Å². The number of hydrogen-bond acceptors (Lipinski definition) is 4. The molecular weight excluding hydrogens is 178 g/mol. The summed E-state index contributed by atoms with van der Waals surface area (Å²) in [7, 11) is -1.44. The molecule has 0 saturated carbocycles. The van der Waals surface area contributed by atoms with E-state index in [9.17, 15) is 0 Å². The van der Waals surface area contributed by atoms with Crippen LogP contribution in [-0.4, -0.2) is 56.4 Å². The van der Waals surface area contributed by atoms with Gasteiger partial charge in [-0.05, 0) is 0 Å². The number of rotatable bonds is 4. The van der Waals surface area contributed by atoms with Crippen molar-refractivity contribution in [2.75, 3.05) is 38.9 Å². The van der Waals surface area contributed by atoms with Gasteiger partial charge in [-0.2, -0.15) is 0 Å². The molecule has 0 radical (unpaired) electrons. The van der Waals surface area contributed by atoms with Crippen LogP contribution in [0.15, 0.2) is 0 Å². The third-order valence-corrected chi connectivity index (χ3v) is 4.23. The molecule has 0 aromatic heterocycles. The summed E-state index contributed by atoms with van der Waals surface area (Å²) in [6.07, 6.45) is 1.76. The molecule has 0 aliphatic heterocycles. The molecule has 12 heavy (non-hydrogen) atoms. The normalized spacial score (nSPS) is 9.67. The maximum absolute atomic E-state index is 8.57. The minimum absolute atomic E-state index is 0.265. The molecule has 0 unspecified atom stereocenters. The van der Waals surface area contributed by atoms with Crippen molar-refractivity contribution in [3.8, 4) is 0 Å². The van der Waals surface area contributed by atoms with E-state index in [1.54, 1.807) is 0 Å². The van der Waals surface area contributed by atoms with Gasteiger partial charge in [0.15, 0.2) is 0 Å². The molecule has 4 nitrogen and oxygen atoms in total. The standard InChI is InChI=1S/C6H16O2P.BO2/c1-9(2,5-3-7)6-4-8;2-1-3/h7-8H,3-6H2,1-2H3;/q+1;-1. The molecule has 0 aromatic rings. The number of hydrogen-bond donors (Lipinski definition) is 2. The Morgan fingerprint density at radius 1 is 1.25 bits per heavy atom. The molecular formula is C6H16BO4P. The van der Waals surface area contributed by atoms with Crippen molar-refractivity contribution in [3.05, 3.63) is 0 Å². The predicted octanol–water partition coefficient (Wildman–Crippen LogP) is -1.44. The van der Waals surface area contributed by atoms with Crippen LogP contribution in [0.4, 0.5) is 0 Å². The average Bonchev–Trinajstić information content (AvgIpc) is 1.88. The Kier molecular flexibility index (Phi) is 11.0. The molecule has 0 atom stereocenters. The third-order valence-electron chi connectivity index (χ3n) is 1.41. The van der Waals surface area contributed by atoms with E-state index in [0.29, 0.717) is 0 Å². The molecule has 0 rings (SSSR count). The van der Waals surface area contributed by atoms with Crippen LogP contribution >= 0.6 is 7.26 Å². The molecule has 72 valence electrons. The van der Waals surface area contributed by atoms with Crippen LogP contribution in [0.2, 0.25) is 0 Å². The Labute approximate surface area is 74.2 Å². The quantitative estimate of drug-likeness (QED) is 0.424. The summed E-state index contributed by atoms with van der Waals surface area (Å²) in [4.78, 5) is 0. The zero-order chi connectivity index (χ0) is 10.0. The molecule has 0 saturated heterocycles. The molecule has 0 aliphatic rings.